The smallest absolute Gasteiger partial charge is 0.244 e. The Labute approximate surface area is 149 Å². The minimum absolute atomic E-state index is 0.115. The molecule has 1 heterocycles. The van der Waals surface area contributed by atoms with Crippen LogP contribution in [0.5, 0.6) is 5.75 Å². The highest BCUT2D eigenvalue weighted by Gasteiger charge is 2.14. The standard InChI is InChI=1S/C20H27NO4/c1-6-24-9-7-8-21-20(22)10-13(2)16-11-17-14(3)15(4)25-19(17)12-18(16)23-5/h10-12H,6-9H2,1-5H3,(H,21,22)/b13-10+. The van der Waals surface area contributed by atoms with Crippen molar-refractivity contribution in [3.05, 3.63) is 35.1 Å². The molecule has 0 saturated heterocycles. The van der Waals surface area contributed by atoms with Crippen molar-refractivity contribution in [2.24, 2.45) is 0 Å². The van der Waals surface area contributed by atoms with E-state index in [0.717, 1.165) is 39.9 Å². The van der Waals surface area contributed by atoms with Crippen molar-refractivity contribution < 1.29 is 18.7 Å². The van der Waals surface area contributed by atoms with E-state index in [-0.39, 0.29) is 5.91 Å². The molecule has 0 spiro atoms. The van der Waals surface area contributed by atoms with E-state index >= 15 is 0 Å². The Morgan fingerprint density at radius 1 is 1.32 bits per heavy atom. The third-order valence-corrected chi connectivity index (χ3v) is 4.24. The summed E-state index contributed by atoms with van der Waals surface area (Å²) in [7, 11) is 1.62. The summed E-state index contributed by atoms with van der Waals surface area (Å²) in [5, 5.41) is 3.92. The van der Waals surface area contributed by atoms with Crippen molar-refractivity contribution in [1.82, 2.24) is 5.32 Å². The summed E-state index contributed by atoms with van der Waals surface area (Å²) in [6.45, 7) is 9.79. The molecule has 2 rings (SSSR count). The zero-order valence-electron chi connectivity index (χ0n) is 15.7. The molecule has 2 aromatic rings. The number of amides is 1. The van der Waals surface area contributed by atoms with Crippen LogP contribution in [0.4, 0.5) is 0 Å². The van der Waals surface area contributed by atoms with E-state index in [0.29, 0.717) is 25.5 Å². The van der Waals surface area contributed by atoms with Gasteiger partial charge < -0.3 is 19.2 Å². The van der Waals surface area contributed by atoms with Crippen molar-refractivity contribution in [1.29, 1.82) is 0 Å². The predicted molar refractivity (Wildman–Crippen MR) is 100 cm³/mol. The van der Waals surface area contributed by atoms with Gasteiger partial charge in [0.05, 0.1) is 7.11 Å². The number of rotatable bonds is 8. The van der Waals surface area contributed by atoms with E-state index < -0.39 is 0 Å². The second-order valence-electron chi connectivity index (χ2n) is 6.00. The van der Waals surface area contributed by atoms with Crippen LogP contribution in [0.1, 0.15) is 37.2 Å². The van der Waals surface area contributed by atoms with Gasteiger partial charge in [-0.3, -0.25) is 4.79 Å². The molecule has 0 unspecified atom stereocenters. The third kappa shape index (κ3) is 4.63. The highest BCUT2D eigenvalue weighted by molar-refractivity contribution is 5.97. The first kappa shape index (κ1) is 19.1. The molecule has 1 aromatic heterocycles. The summed E-state index contributed by atoms with van der Waals surface area (Å²) in [4.78, 5) is 12.1. The van der Waals surface area contributed by atoms with Crippen LogP contribution >= 0.6 is 0 Å². The van der Waals surface area contributed by atoms with E-state index in [1.165, 1.54) is 0 Å². The Bertz CT molecular complexity index is 774. The van der Waals surface area contributed by atoms with Crippen LogP contribution in [0.3, 0.4) is 0 Å². The molecule has 0 aliphatic heterocycles. The molecule has 5 heteroatoms. The lowest BCUT2D eigenvalue weighted by Crippen LogP contribution is -2.23. The normalized spacial score (nSPS) is 11.8. The molecule has 5 nitrogen and oxygen atoms in total. The number of nitrogens with one attached hydrogen (secondary N) is 1. The average molecular weight is 345 g/mol. The maximum absolute atomic E-state index is 12.1. The van der Waals surface area contributed by atoms with Gasteiger partial charge in [-0.1, -0.05) is 0 Å². The van der Waals surface area contributed by atoms with Gasteiger partial charge in [-0.2, -0.15) is 0 Å². The maximum atomic E-state index is 12.1. The van der Waals surface area contributed by atoms with E-state index in [4.69, 9.17) is 13.9 Å². The van der Waals surface area contributed by atoms with Gasteiger partial charge in [0, 0.05) is 42.9 Å². The Kier molecular flexibility index (Phi) is 6.65. The van der Waals surface area contributed by atoms with Crippen molar-refractivity contribution in [2.45, 2.75) is 34.1 Å². The van der Waals surface area contributed by atoms with Crippen LogP contribution in [0, 0.1) is 13.8 Å². The van der Waals surface area contributed by atoms with Crippen molar-refractivity contribution in [2.75, 3.05) is 26.9 Å². The third-order valence-electron chi connectivity index (χ3n) is 4.24. The van der Waals surface area contributed by atoms with Gasteiger partial charge in [0.1, 0.15) is 17.1 Å². The van der Waals surface area contributed by atoms with Gasteiger partial charge in [0.15, 0.2) is 0 Å². The topological polar surface area (TPSA) is 60.7 Å². The average Bonchev–Trinajstić information content (AvgIpc) is 2.87. The van der Waals surface area contributed by atoms with Crippen LogP contribution in [-0.4, -0.2) is 32.8 Å². The molecule has 1 amide bonds. The van der Waals surface area contributed by atoms with Gasteiger partial charge in [0.2, 0.25) is 5.91 Å². The van der Waals surface area contributed by atoms with Gasteiger partial charge >= 0.3 is 0 Å². The number of hydrogen-bond donors (Lipinski definition) is 1. The zero-order chi connectivity index (χ0) is 18.4. The number of fused-ring (bicyclic) bond motifs is 1. The number of hydrogen-bond acceptors (Lipinski definition) is 4. The minimum atomic E-state index is -0.115. The number of furan rings is 1. The molecule has 0 aliphatic carbocycles. The number of ether oxygens (including phenoxy) is 2. The Hall–Kier alpha value is -2.27. The first-order valence-corrected chi connectivity index (χ1v) is 8.59. The second-order valence-corrected chi connectivity index (χ2v) is 6.00. The summed E-state index contributed by atoms with van der Waals surface area (Å²) < 4.78 is 16.5. The van der Waals surface area contributed by atoms with E-state index in [1.807, 2.05) is 39.8 Å². The molecule has 136 valence electrons. The quantitative estimate of drug-likeness (QED) is 0.580. The zero-order valence-corrected chi connectivity index (χ0v) is 15.7. The lowest BCUT2D eigenvalue weighted by Gasteiger charge is -2.10. The summed E-state index contributed by atoms with van der Waals surface area (Å²) in [6, 6.07) is 3.90. The highest BCUT2D eigenvalue weighted by Crippen LogP contribution is 2.34. The Morgan fingerprint density at radius 3 is 2.76 bits per heavy atom. The lowest BCUT2D eigenvalue weighted by molar-refractivity contribution is -0.116. The SMILES string of the molecule is CCOCCCNC(=O)/C=C(\C)c1cc2c(C)c(C)oc2cc1OC. The van der Waals surface area contributed by atoms with Gasteiger partial charge in [-0.25, -0.2) is 0 Å². The second kappa shape index (κ2) is 8.72. The predicted octanol–water partition coefficient (Wildman–Crippen LogP) is 4.00. The monoisotopic (exact) mass is 345 g/mol. The summed E-state index contributed by atoms with van der Waals surface area (Å²) in [5.41, 5.74) is 3.64. The fraction of sp³-hybridized carbons (Fsp3) is 0.450. The number of carbonyl (C=O) groups is 1. The molecular weight excluding hydrogens is 318 g/mol. The van der Waals surface area contributed by atoms with E-state index in [2.05, 4.69) is 5.32 Å². The fourth-order valence-corrected chi connectivity index (χ4v) is 2.70. The summed E-state index contributed by atoms with van der Waals surface area (Å²) in [6.07, 6.45) is 2.40. The number of aryl methyl sites for hydroxylation is 2. The minimum Gasteiger partial charge on any atom is -0.496 e. The molecule has 0 fully saturated rings. The van der Waals surface area contributed by atoms with Gasteiger partial charge in [-0.05, 0) is 51.3 Å². The maximum Gasteiger partial charge on any atom is 0.244 e. The molecule has 0 aliphatic rings. The van der Waals surface area contributed by atoms with Gasteiger partial charge in [0.25, 0.3) is 0 Å². The highest BCUT2D eigenvalue weighted by atomic mass is 16.5. The van der Waals surface area contributed by atoms with Crippen LogP contribution < -0.4 is 10.1 Å². The fourth-order valence-electron chi connectivity index (χ4n) is 2.70. The van der Waals surface area contributed by atoms with Crippen LogP contribution in [0.15, 0.2) is 22.6 Å². The molecule has 25 heavy (non-hydrogen) atoms. The van der Waals surface area contributed by atoms with Gasteiger partial charge in [-0.15, -0.1) is 0 Å². The molecule has 0 radical (unpaired) electrons. The number of allylic oxidation sites excluding steroid dienone is 1. The lowest BCUT2D eigenvalue weighted by atomic mass is 10.0. The van der Waals surface area contributed by atoms with Crippen LogP contribution in [-0.2, 0) is 9.53 Å². The molecule has 0 saturated carbocycles. The van der Waals surface area contributed by atoms with E-state index in [9.17, 15) is 4.79 Å². The summed E-state index contributed by atoms with van der Waals surface area (Å²) >= 11 is 0. The van der Waals surface area contributed by atoms with Crippen LogP contribution in [0.25, 0.3) is 16.5 Å². The molecule has 1 aromatic carbocycles. The summed E-state index contributed by atoms with van der Waals surface area (Å²) in [5.74, 6) is 1.47. The number of benzene rings is 1. The first-order chi connectivity index (χ1) is 12.0. The molecule has 0 bridgehead atoms. The number of methoxy groups -OCH3 is 1. The van der Waals surface area contributed by atoms with Crippen molar-refractivity contribution in [3.8, 4) is 5.75 Å². The van der Waals surface area contributed by atoms with Crippen LogP contribution in [0.2, 0.25) is 0 Å². The molecule has 0 atom stereocenters. The van der Waals surface area contributed by atoms with Crippen molar-refractivity contribution in [3.63, 3.8) is 0 Å². The Morgan fingerprint density at radius 2 is 2.08 bits per heavy atom. The van der Waals surface area contributed by atoms with Crippen molar-refractivity contribution >= 4 is 22.4 Å². The number of carbonyl (C=O) groups excluding carboxylic acids is 1. The largest absolute Gasteiger partial charge is 0.496 e. The first-order valence-electron chi connectivity index (χ1n) is 8.59. The Balaban J connectivity index is 2.18. The molecular formula is C20H27NO4. The van der Waals surface area contributed by atoms with E-state index in [1.54, 1.807) is 13.2 Å². The molecule has 1 N–H and O–H groups in total.